The lowest BCUT2D eigenvalue weighted by Crippen LogP contribution is -2.22. The summed E-state index contributed by atoms with van der Waals surface area (Å²) in [6.07, 6.45) is 5.06. The van der Waals surface area contributed by atoms with Gasteiger partial charge in [-0.15, -0.1) is 0 Å². The molecule has 0 saturated carbocycles. The Balaban J connectivity index is 2.45. The van der Waals surface area contributed by atoms with E-state index < -0.39 is 0 Å². The molecule has 1 atom stereocenters. The first-order chi connectivity index (χ1) is 8.74. The van der Waals surface area contributed by atoms with Crippen LogP contribution in [0.3, 0.4) is 0 Å². The van der Waals surface area contributed by atoms with Gasteiger partial charge in [-0.1, -0.05) is 42.3 Å². The third-order valence-electron chi connectivity index (χ3n) is 2.61. The largest absolute Gasteiger partial charge is 0.306 e. The molecule has 0 aliphatic heterocycles. The topological polar surface area (TPSA) is 37.8 Å². The van der Waals surface area contributed by atoms with E-state index in [0.29, 0.717) is 10.0 Å². The maximum absolute atomic E-state index is 6.26. The Labute approximate surface area is 116 Å². The lowest BCUT2D eigenvalue weighted by atomic mass is 10.0. The normalized spacial score (nSPS) is 12.4. The molecule has 0 spiro atoms. The molecule has 0 saturated heterocycles. The minimum atomic E-state index is -0.0533. The van der Waals surface area contributed by atoms with Crippen LogP contribution in [0, 0.1) is 0 Å². The van der Waals surface area contributed by atoms with Crippen LogP contribution in [0.15, 0.2) is 36.9 Å². The van der Waals surface area contributed by atoms with E-state index in [-0.39, 0.29) is 6.04 Å². The second-order valence-corrected chi connectivity index (χ2v) is 4.59. The molecule has 1 N–H and O–H groups in total. The molecule has 2 rings (SSSR count). The molecule has 1 unspecified atom stereocenters. The van der Waals surface area contributed by atoms with Crippen molar-refractivity contribution in [3.05, 3.63) is 58.1 Å². The maximum Gasteiger partial charge on any atom is 0.115 e. The number of hydrogen-bond acceptors (Lipinski definition) is 3. The number of nitrogens with zero attached hydrogens (tertiary/aromatic N) is 2. The molecule has 0 bridgehead atoms. The second kappa shape index (κ2) is 6.14. The molecule has 0 radical (unpaired) electrons. The Morgan fingerprint density at radius 2 is 1.94 bits per heavy atom. The molecule has 1 aromatic heterocycles. The highest BCUT2D eigenvalue weighted by atomic mass is 35.5. The summed E-state index contributed by atoms with van der Waals surface area (Å²) in [7, 11) is 0. The predicted molar refractivity (Wildman–Crippen MR) is 74.0 cm³/mol. The molecule has 0 fully saturated rings. The van der Waals surface area contributed by atoms with Crippen LogP contribution in [0.1, 0.15) is 24.1 Å². The fourth-order valence-corrected chi connectivity index (χ4v) is 2.23. The van der Waals surface area contributed by atoms with Crippen molar-refractivity contribution in [2.45, 2.75) is 13.0 Å². The highest BCUT2D eigenvalue weighted by Gasteiger charge is 2.17. The first-order valence-electron chi connectivity index (χ1n) is 5.66. The summed E-state index contributed by atoms with van der Waals surface area (Å²) in [4.78, 5) is 8.08. The Morgan fingerprint density at radius 3 is 2.61 bits per heavy atom. The van der Waals surface area contributed by atoms with Gasteiger partial charge in [-0.3, -0.25) is 0 Å². The number of nitrogens with one attached hydrogen (secondary N) is 1. The van der Waals surface area contributed by atoms with Gasteiger partial charge in [0.05, 0.1) is 16.1 Å². The minimum Gasteiger partial charge on any atom is -0.306 e. The van der Waals surface area contributed by atoms with Gasteiger partial charge in [0.25, 0.3) is 0 Å². The molecule has 5 heteroatoms. The number of benzene rings is 1. The van der Waals surface area contributed by atoms with E-state index in [1.165, 1.54) is 6.33 Å². The van der Waals surface area contributed by atoms with Gasteiger partial charge in [-0.2, -0.15) is 0 Å². The molecule has 1 aromatic carbocycles. The third kappa shape index (κ3) is 2.80. The Hall–Kier alpha value is -1.16. The van der Waals surface area contributed by atoms with Crippen molar-refractivity contribution < 1.29 is 0 Å². The summed E-state index contributed by atoms with van der Waals surface area (Å²) in [5.74, 6) is 0. The minimum absolute atomic E-state index is 0.0533. The molecule has 0 amide bonds. The first-order valence-corrected chi connectivity index (χ1v) is 6.41. The van der Waals surface area contributed by atoms with Crippen molar-refractivity contribution in [1.29, 1.82) is 0 Å². The van der Waals surface area contributed by atoms with Crippen molar-refractivity contribution in [2.75, 3.05) is 6.54 Å². The third-order valence-corrected chi connectivity index (χ3v) is 3.45. The smallest absolute Gasteiger partial charge is 0.115 e. The van der Waals surface area contributed by atoms with Crippen molar-refractivity contribution in [3.8, 4) is 0 Å². The highest BCUT2D eigenvalue weighted by Crippen LogP contribution is 2.32. The lowest BCUT2D eigenvalue weighted by Gasteiger charge is -2.19. The van der Waals surface area contributed by atoms with E-state index >= 15 is 0 Å². The average Bonchev–Trinajstić information content (AvgIpc) is 2.41. The SMILES string of the molecule is CCNC(c1cncnc1)c1cccc(Cl)c1Cl. The fourth-order valence-electron chi connectivity index (χ4n) is 1.81. The molecular formula is C13H13Cl2N3. The summed E-state index contributed by atoms with van der Waals surface area (Å²) >= 11 is 12.3. The van der Waals surface area contributed by atoms with Crippen LogP contribution < -0.4 is 5.32 Å². The van der Waals surface area contributed by atoms with Gasteiger partial charge in [-0.05, 0) is 18.2 Å². The lowest BCUT2D eigenvalue weighted by molar-refractivity contribution is 0.626. The monoisotopic (exact) mass is 281 g/mol. The molecule has 94 valence electrons. The number of halogens is 2. The van der Waals surface area contributed by atoms with E-state index in [0.717, 1.165) is 17.7 Å². The average molecular weight is 282 g/mol. The van der Waals surface area contributed by atoms with E-state index in [4.69, 9.17) is 23.2 Å². The van der Waals surface area contributed by atoms with Gasteiger partial charge >= 0.3 is 0 Å². The zero-order valence-corrected chi connectivity index (χ0v) is 11.4. The second-order valence-electron chi connectivity index (χ2n) is 3.81. The van der Waals surface area contributed by atoms with Crippen molar-refractivity contribution in [3.63, 3.8) is 0 Å². The Bertz CT molecular complexity index is 517. The van der Waals surface area contributed by atoms with Gasteiger partial charge in [0.1, 0.15) is 6.33 Å². The van der Waals surface area contributed by atoms with Gasteiger partial charge in [0.2, 0.25) is 0 Å². The number of rotatable bonds is 4. The van der Waals surface area contributed by atoms with Crippen LogP contribution in [0.5, 0.6) is 0 Å². The number of hydrogen-bond donors (Lipinski definition) is 1. The van der Waals surface area contributed by atoms with E-state index in [1.807, 2.05) is 19.1 Å². The standard InChI is InChI=1S/C13H13Cl2N3/c1-2-18-13(9-6-16-8-17-7-9)10-4-3-5-11(14)12(10)15/h3-8,13,18H,2H2,1H3. The quantitative estimate of drug-likeness (QED) is 0.932. The van der Waals surface area contributed by atoms with Crippen molar-refractivity contribution in [2.24, 2.45) is 0 Å². The van der Waals surface area contributed by atoms with Crippen molar-refractivity contribution in [1.82, 2.24) is 15.3 Å². The van der Waals surface area contributed by atoms with Crippen LogP contribution in [-0.2, 0) is 0 Å². The van der Waals surface area contributed by atoms with E-state index in [9.17, 15) is 0 Å². The zero-order valence-electron chi connectivity index (χ0n) is 9.90. The molecule has 2 aromatic rings. The van der Waals surface area contributed by atoms with Gasteiger partial charge in [0.15, 0.2) is 0 Å². The summed E-state index contributed by atoms with van der Waals surface area (Å²) in [5.41, 5.74) is 1.89. The van der Waals surface area contributed by atoms with E-state index in [1.54, 1.807) is 18.5 Å². The summed E-state index contributed by atoms with van der Waals surface area (Å²) in [5, 5.41) is 4.47. The maximum atomic E-state index is 6.26. The molecule has 1 heterocycles. The summed E-state index contributed by atoms with van der Waals surface area (Å²) in [6.45, 7) is 2.84. The molecule has 0 aliphatic rings. The van der Waals surface area contributed by atoms with Gasteiger partial charge in [0, 0.05) is 18.0 Å². The predicted octanol–water partition coefficient (Wildman–Crippen LogP) is 3.48. The van der Waals surface area contributed by atoms with Crippen LogP contribution in [0.25, 0.3) is 0 Å². The van der Waals surface area contributed by atoms with Gasteiger partial charge < -0.3 is 5.32 Å². The zero-order chi connectivity index (χ0) is 13.0. The Kier molecular flexibility index (Phi) is 4.53. The fraction of sp³-hybridized carbons (Fsp3) is 0.231. The van der Waals surface area contributed by atoms with Crippen LogP contribution in [-0.4, -0.2) is 16.5 Å². The number of aromatic nitrogens is 2. The summed E-state index contributed by atoms with van der Waals surface area (Å²) in [6, 6.07) is 5.56. The van der Waals surface area contributed by atoms with Crippen LogP contribution in [0.4, 0.5) is 0 Å². The van der Waals surface area contributed by atoms with Crippen molar-refractivity contribution >= 4 is 23.2 Å². The van der Waals surface area contributed by atoms with Crippen LogP contribution >= 0.6 is 23.2 Å². The van der Waals surface area contributed by atoms with Gasteiger partial charge in [-0.25, -0.2) is 9.97 Å². The molecule has 18 heavy (non-hydrogen) atoms. The summed E-state index contributed by atoms with van der Waals surface area (Å²) < 4.78 is 0. The molecule has 0 aliphatic carbocycles. The van der Waals surface area contributed by atoms with E-state index in [2.05, 4.69) is 15.3 Å². The Morgan fingerprint density at radius 1 is 1.22 bits per heavy atom. The molecule has 3 nitrogen and oxygen atoms in total. The highest BCUT2D eigenvalue weighted by molar-refractivity contribution is 6.42. The molecular weight excluding hydrogens is 269 g/mol. The van der Waals surface area contributed by atoms with Crippen LogP contribution in [0.2, 0.25) is 10.0 Å². The first kappa shape index (κ1) is 13.3.